The zero-order valence-electron chi connectivity index (χ0n) is 15.0. The summed E-state index contributed by atoms with van der Waals surface area (Å²) in [4.78, 5) is 33.6. The lowest BCUT2D eigenvalue weighted by molar-refractivity contribution is -0.137. The number of primary amides is 1. The zero-order valence-corrected chi connectivity index (χ0v) is 15.8. The first-order chi connectivity index (χ1) is 13.4. The number of aliphatic hydroxyl groups is 1. The molecule has 4 rings (SSSR count). The highest BCUT2D eigenvalue weighted by molar-refractivity contribution is 7.17. The van der Waals surface area contributed by atoms with E-state index in [1.54, 1.807) is 31.3 Å². The molecule has 0 aliphatic carbocycles. The Bertz CT molecular complexity index is 1180. The predicted octanol–water partition coefficient (Wildman–Crippen LogP) is 1.40. The van der Waals surface area contributed by atoms with Gasteiger partial charge in [0.1, 0.15) is 0 Å². The molecule has 1 aliphatic heterocycles. The molecular weight excluding hydrogens is 376 g/mol. The molecule has 0 spiro atoms. The van der Waals surface area contributed by atoms with Gasteiger partial charge in [-0.25, -0.2) is 9.97 Å². The summed E-state index contributed by atoms with van der Waals surface area (Å²) in [6.07, 6.45) is 0.277. The molecule has 28 heavy (non-hydrogen) atoms. The Balaban J connectivity index is 1.76. The summed E-state index contributed by atoms with van der Waals surface area (Å²) in [7, 11) is 1.64. The number of likely N-dealkylation sites (N-methyl/N-ethyl adjacent to an activating group) is 1. The van der Waals surface area contributed by atoms with Gasteiger partial charge in [0, 0.05) is 31.1 Å². The topological polar surface area (TPSA) is 109 Å². The van der Waals surface area contributed by atoms with Crippen LogP contribution in [0.2, 0.25) is 0 Å². The lowest BCUT2D eigenvalue weighted by atomic mass is 10.0. The van der Waals surface area contributed by atoms with Crippen LogP contribution in [-0.4, -0.2) is 51.0 Å². The second kappa shape index (κ2) is 6.71. The van der Waals surface area contributed by atoms with E-state index in [0.717, 1.165) is 10.3 Å². The fourth-order valence-electron chi connectivity index (χ4n) is 3.06. The Hall–Kier alpha value is -3.28. The molecule has 3 aromatic rings. The summed E-state index contributed by atoms with van der Waals surface area (Å²) in [5.74, 6) is 4.46. The Labute approximate surface area is 164 Å². The lowest BCUT2D eigenvalue weighted by Crippen LogP contribution is -2.37. The molecular formula is C20H16N4O3S. The van der Waals surface area contributed by atoms with Gasteiger partial charge >= 0.3 is 0 Å². The first-order valence-corrected chi connectivity index (χ1v) is 9.42. The number of fused-ring (bicyclic) bond motifs is 1. The van der Waals surface area contributed by atoms with Gasteiger partial charge in [-0.3, -0.25) is 9.59 Å². The monoisotopic (exact) mass is 392 g/mol. The molecule has 3 heterocycles. The minimum Gasteiger partial charge on any atom is -0.369 e. The Morgan fingerprint density at radius 2 is 2.18 bits per heavy atom. The highest BCUT2D eigenvalue weighted by Crippen LogP contribution is 2.30. The van der Waals surface area contributed by atoms with Gasteiger partial charge in [-0.05, 0) is 23.6 Å². The summed E-state index contributed by atoms with van der Waals surface area (Å²) in [5, 5.41) is 12.3. The maximum absolute atomic E-state index is 12.1. The van der Waals surface area contributed by atoms with Crippen molar-refractivity contribution in [2.45, 2.75) is 12.0 Å². The molecule has 3 N–H and O–H groups in total. The second-order valence-corrected chi connectivity index (χ2v) is 7.48. The van der Waals surface area contributed by atoms with E-state index >= 15 is 0 Å². The van der Waals surface area contributed by atoms with Crippen LogP contribution in [0.25, 0.3) is 21.5 Å². The summed E-state index contributed by atoms with van der Waals surface area (Å²) in [6.45, 7) is 0.469. The van der Waals surface area contributed by atoms with Gasteiger partial charge in [0.25, 0.3) is 11.8 Å². The Kier molecular flexibility index (Phi) is 4.34. The molecule has 1 atom stereocenters. The molecule has 0 bridgehead atoms. The van der Waals surface area contributed by atoms with Gasteiger partial charge < -0.3 is 15.7 Å². The molecule has 0 saturated carbocycles. The van der Waals surface area contributed by atoms with Crippen molar-refractivity contribution < 1.29 is 14.7 Å². The van der Waals surface area contributed by atoms with E-state index in [1.165, 1.54) is 16.2 Å². The number of nitrogens with zero attached hydrogens (tertiary/aromatic N) is 3. The second-order valence-electron chi connectivity index (χ2n) is 6.56. The minimum absolute atomic E-state index is 0.0497. The Morgan fingerprint density at radius 3 is 2.89 bits per heavy atom. The third kappa shape index (κ3) is 3.11. The van der Waals surface area contributed by atoms with E-state index in [2.05, 4.69) is 21.8 Å². The van der Waals surface area contributed by atoms with Gasteiger partial charge in [-0.2, -0.15) is 0 Å². The number of rotatable bonds is 2. The number of nitrogens with two attached hydrogens (primary N) is 1. The summed E-state index contributed by atoms with van der Waals surface area (Å²) >= 11 is 1.47. The number of thiophene rings is 1. The molecule has 7 nitrogen and oxygen atoms in total. The van der Waals surface area contributed by atoms with E-state index in [4.69, 9.17) is 5.73 Å². The SMILES string of the molecule is CN1CCC(O)(C#Cc2cccc(-c3nc(C(N)=O)nc4ccsc34)c2)C1=O. The van der Waals surface area contributed by atoms with Crippen molar-refractivity contribution in [3.8, 4) is 23.1 Å². The predicted molar refractivity (Wildman–Crippen MR) is 105 cm³/mol. The van der Waals surface area contributed by atoms with E-state index in [9.17, 15) is 14.7 Å². The quantitative estimate of drug-likeness (QED) is 0.641. The third-order valence-corrected chi connectivity index (χ3v) is 5.49. The van der Waals surface area contributed by atoms with Crippen LogP contribution >= 0.6 is 11.3 Å². The standard InChI is InChI=1S/C20H16N4O3S/c1-24-9-8-20(27,19(24)26)7-5-12-3-2-4-13(11-12)15-16-14(6-10-28-16)22-18(23-15)17(21)25/h2-4,6,10-11,27H,8-9H2,1H3,(H2,21,25). The number of hydrogen-bond acceptors (Lipinski definition) is 6. The van der Waals surface area contributed by atoms with Crippen LogP contribution in [0.4, 0.5) is 0 Å². The molecule has 2 aromatic heterocycles. The fourth-order valence-corrected chi connectivity index (χ4v) is 3.90. The van der Waals surface area contributed by atoms with Crippen molar-refractivity contribution in [3.05, 3.63) is 47.1 Å². The average molecular weight is 392 g/mol. The number of carbonyl (C=O) groups excluding carboxylic acids is 2. The summed E-state index contributed by atoms with van der Waals surface area (Å²) in [6, 6.07) is 9.04. The highest BCUT2D eigenvalue weighted by atomic mass is 32.1. The lowest BCUT2D eigenvalue weighted by Gasteiger charge is -2.13. The molecule has 8 heteroatoms. The summed E-state index contributed by atoms with van der Waals surface area (Å²) in [5.41, 5.74) is 6.31. The first kappa shape index (κ1) is 18.1. The summed E-state index contributed by atoms with van der Waals surface area (Å²) < 4.78 is 0.835. The number of hydrogen-bond donors (Lipinski definition) is 2. The number of carbonyl (C=O) groups is 2. The number of benzene rings is 1. The smallest absolute Gasteiger partial charge is 0.286 e. The fraction of sp³-hybridized carbons (Fsp3) is 0.200. The van der Waals surface area contributed by atoms with Gasteiger partial charge in [0.15, 0.2) is 0 Å². The zero-order chi connectivity index (χ0) is 19.9. The van der Waals surface area contributed by atoms with Crippen molar-refractivity contribution in [1.29, 1.82) is 0 Å². The molecule has 1 fully saturated rings. The van der Waals surface area contributed by atoms with Crippen LogP contribution in [0, 0.1) is 11.8 Å². The maximum Gasteiger partial charge on any atom is 0.286 e. The number of amides is 2. The number of aromatic nitrogens is 2. The van der Waals surface area contributed by atoms with Gasteiger partial charge in [0.05, 0.1) is 15.9 Å². The molecule has 1 aromatic carbocycles. The van der Waals surface area contributed by atoms with Gasteiger partial charge in [-0.1, -0.05) is 24.0 Å². The van der Waals surface area contributed by atoms with Gasteiger partial charge in [-0.15, -0.1) is 11.3 Å². The Morgan fingerprint density at radius 1 is 1.36 bits per heavy atom. The van der Waals surface area contributed by atoms with Crippen molar-refractivity contribution in [3.63, 3.8) is 0 Å². The van der Waals surface area contributed by atoms with Crippen LogP contribution < -0.4 is 5.73 Å². The largest absolute Gasteiger partial charge is 0.369 e. The van der Waals surface area contributed by atoms with Crippen molar-refractivity contribution in [2.75, 3.05) is 13.6 Å². The number of likely N-dealkylation sites (tertiary alicyclic amines) is 1. The average Bonchev–Trinajstić information content (AvgIpc) is 3.27. The normalized spacial score (nSPS) is 18.9. The van der Waals surface area contributed by atoms with Crippen molar-refractivity contribution in [1.82, 2.24) is 14.9 Å². The van der Waals surface area contributed by atoms with Crippen LogP contribution in [0.15, 0.2) is 35.7 Å². The third-order valence-electron chi connectivity index (χ3n) is 4.58. The van der Waals surface area contributed by atoms with Crippen molar-refractivity contribution in [2.24, 2.45) is 5.73 Å². The molecule has 1 aliphatic rings. The van der Waals surface area contributed by atoms with Crippen LogP contribution in [0.3, 0.4) is 0 Å². The van der Waals surface area contributed by atoms with Crippen LogP contribution in [0.5, 0.6) is 0 Å². The highest BCUT2D eigenvalue weighted by Gasteiger charge is 2.42. The molecule has 1 unspecified atom stereocenters. The maximum atomic E-state index is 12.1. The van der Waals surface area contributed by atoms with E-state index in [0.29, 0.717) is 23.3 Å². The molecule has 1 saturated heterocycles. The van der Waals surface area contributed by atoms with E-state index in [-0.39, 0.29) is 12.2 Å². The van der Waals surface area contributed by atoms with Crippen LogP contribution in [-0.2, 0) is 4.79 Å². The van der Waals surface area contributed by atoms with E-state index < -0.39 is 17.4 Å². The first-order valence-electron chi connectivity index (χ1n) is 8.54. The van der Waals surface area contributed by atoms with Gasteiger partial charge in [0.2, 0.25) is 11.4 Å². The van der Waals surface area contributed by atoms with E-state index in [1.807, 2.05) is 11.4 Å². The van der Waals surface area contributed by atoms with Crippen molar-refractivity contribution >= 4 is 33.4 Å². The molecule has 140 valence electrons. The molecule has 0 radical (unpaired) electrons. The van der Waals surface area contributed by atoms with Crippen LogP contribution in [0.1, 0.15) is 22.6 Å². The molecule has 2 amide bonds. The minimum atomic E-state index is -1.65.